The molecule has 0 aromatic heterocycles. The Morgan fingerprint density at radius 2 is 1.76 bits per heavy atom. The van der Waals surface area contributed by atoms with E-state index in [2.05, 4.69) is 13.0 Å². The summed E-state index contributed by atoms with van der Waals surface area (Å²) in [6, 6.07) is 10.1. The fourth-order valence-electron chi connectivity index (χ4n) is 2.29. The van der Waals surface area contributed by atoms with Crippen LogP contribution in [0.3, 0.4) is 0 Å². The summed E-state index contributed by atoms with van der Waals surface area (Å²) >= 11 is 0. The van der Waals surface area contributed by atoms with Gasteiger partial charge in [-0.15, -0.1) is 0 Å². The van der Waals surface area contributed by atoms with E-state index in [9.17, 15) is 4.79 Å². The fourth-order valence-corrected chi connectivity index (χ4v) is 2.29. The number of esters is 1. The minimum atomic E-state index is -0.171. The molecule has 1 aromatic carbocycles. The minimum absolute atomic E-state index is 0.171. The molecule has 1 aromatic rings. The molecule has 21 heavy (non-hydrogen) atoms. The van der Waals surface area contributed by atoms with Gasteiger partial charge in [0.15, 0.2) is 0 Å². The number of hydrogen-bond acceptors (Lipinski definition) is 2. The molecule has 0 aliphatic carbocycles. The molecule has 0 spiro atoms. The Kier molecular flexibility index (Phi) is 9.26. The molecule has 0 saturated carbocycles. The van der Waals surface area contributed by atoms with Gasteiger partial charge in [0.2, 0.25) is 0 Å². The standard InChI is InChI=1S/C19H28O2/c1-3-5-6-7-8-12-15-18(19(20)21-4-2)16-17-13-10-9-11-14-17/h9-11,13-15H,3-8,12,16H2,1-2H3/b18-15+. The minimum Gasteiger partial charge on any atom is -0.463 e. The molecule has 0 N–H and O–H groups in total. The summed E-state index contributed by atoms with van der Waals surface area (Å²) in [5, 5.41) is 0. The summed E-state index contributed by atoms with van der Waals surface area (Å²) < 4.78 is 5.16. The quantitative estimate of drug-likeness (QED) is 0.341. The molecular weight excluding hydrogens is 260 g/mol. The van der Waals surface area contributed by atoms with Crippen molar-refractivity contribution in [2.24, 2.45) is 0 Å². The highest BCUT2D eigenvalue weighted by atomic mass is 16.5. The lowest BCUT2D eigenvalue weighted by Crippen LogP contribution is -2.10. The molecule has 0 aliphatic heterocycles. The van der Waals surface area contributed by atoms with Gasteiger partial charge in [-0.2, -0.15) is 0 Å². The molecule has 0 radical (unpaired) electrons. The largest absolute Gasteiger partial charge is 0.463 e. The number of rotatable bonds is 10. The monoisotopic (exact) mass is 288 g/mol. The third-order valence-electron chi connectivity index (χ3n) is 3.47. The number of allylic oxidation sites excluding steroid dienone is 1. The average Bonchev–Trinajstić information content (AvgIpc) is 2.50. The van der Waals surface area contributed by atoms with Crippen LogP contribution in [0.1, 0.15) is 57.9 Å². The lowest BCUT2D eigenvalue weighted by Gasteiger charge is -2.07. The van der Waals surface area contributed by atoms with Crippen LogP contribution in [0.15, 0.2) is 42.0 Å². The molecule has 0 amide bonds. The number of carbonyl (C=O) groups is 1. The van der Waals surface area contributed by atoms with Crippen LogP contribution in [-0.2, 0) is 16.0 Å². The molecule has 0 heterocycles. The maximum Gasteiger partial charge on any atom is 0.334 e. The van der Waals surface area contributed by atoms with Crippen molar-refractivity contribution in [3.63, 3.8) is 0 Å². The van der Waals surface area contributed by atoms with Gasteiger partial charge in [-0.1, -0.05) is 69.0 Å². The van der Waals surface area contributed by atoms with E-state index in [0.29, 0.717) is 13.0 Å². The molecule has 0 unspecified atom stereocenters. The molecule has 2 nitrogen and oxygen atoms in total. The second-order valence-electron chi connectivity index (χ2n) is 5.32. The maximum absolute atomic E-state index is 12.0. The van der Waals surface area contributed by atoms with Crippen molar-refractivity contribution in [1.29, 1.82) is 0 Å². The third kappa shape index (κ3) is 7.69. The van der Waals surface area contributed by atoms with Gasteiger partial charge in [0.05, 0.1) is 6.61 Å². The first-order valence-corrected chi connectivity index (χ1v) is 8.18. The molecule has 0 fully saturated rings. The lowest BCUT2D eigenvalue weighted by atomic mass is 10.0. The first kappa shape index (κ1) is 17.5. The zero-order valence-corrected chi connectivity index (χ0v) is 13.4. The van der Waals surface area contributed by atoms with Gasteiger partial charge in [-0.25, -0.2) is 4.79 Å². The topological polar surface area (TPSA) is 26.3 Å². The van der Waals surface area contributed by atoms with Crippen molar-refractivity contribution in [2.75, 3.05) is 6.61 Å². The molecular formula is C19H28O2. The van der Waals surface area contributed by atoms with E-state index < -0.39 is 0 Å². The number of ether oxygens (including phenoxy) is 1. The molecule has 0 aliphatic rings. The second-order valence-corrected chi connectivity index (χ2v) is 5.32. The van der Waals surface area contributed by atoms with Gasteiger partial charge in [0.25, 0.3) is 0 Å². The Bertz CT molecular complexity index is 420. The van der Waals surface area contributed by atoms with Crippen LogP contribution in [0, 0.1) is 0 Å². The van der Waals surface area contributed by atoms with Crippen molar-refractivity contribution in [3.8, 4) is 0 Å². The normalized spacial score (nSPS) is 11.4. The van der Waals surface area contributed by atoms with Crippen LogP contribution in [0.4, 0.5) is 0 Å². The fraction of sp³-hybridized carbons (Fsp3) is 0.526. The lowest BCUT2D eigenvalue weighted by molar-refractivity contribution is -0.138. The van der Waals surface area contributed by atoms with Gasteiger partial charge < -0.3 is 4.74 Å². The van der Waals surface area contributed by atoms with E-state index in [4.69, 9.17) is 4.74 Å². The van der Waals surface area contributed by atoms with E-state index in [1.165, 1.54) is 25.7 Å². The Balaban J connectivity index is 2.53. The smallest absolute Gasteiger partial charge is 0.334 e. The SMILES string of the molecule is CCCCCCC/C=C(\Cc1ccccc1)C(=O)OCC. The van der Waals surface area contributed by atoms with Crippen LogP contribution in [0.2, 0.25) is 0 Å². The summed E-state index contributed by atoms with van der Waals surface area (Å²) in [5.41, 5.74) is 1.95. The van der Waals surface area contributed by atoms with Crippen LogP contribution >= 0.6 is 0 Å². The first-order valence-electron chi connectivity index (χ1n) is 8.18. The summed E-state index contributed by atoms with van der Waals surface area (Å²) in [7, 11) is 0. The number of hydrogen-bond donors (Lipinski definition) is 0. The van der Waals surface area contributed by atoms with E-state index in [1.807, 2.05) is 37.3 Å². The van der Waals surface area contributed by atoms with Crippen molar-refractivity contribution >= 4 is 5.97 Å². The van der Waals surface area contributed by atoms with Crippen molar-refractivity contribution in [1.82, 2.24) is 0 Å². The van der Waals surface area contributed by atoms with Crippen molar-refractivity contribution in [2.45, 2.75) is 58.8 Å². The third-order valence-corrected chi connectivity index (χ3v) is 3.47. The summed E-state index contributed by atoms with van der Waals surface area (Å²) in [5.74, 6) is -0.171. The van der Waals surface area contributed by atoms with Gasteiger partial charge in [-0.3, -0.25) is 0 Å². The number of unbranched alkanes of at least 4 members (excludes halogenated alkanes) is 5. The van der Waals surface area contributed by atoms with Crippen molar-refractivity contribution < 1.29 is 9.53 Å². The zero-order valence-electron chi connectivity index (χ0n) is 13.4. The second kappa shape index (κ2) is 11.1. The molecule has 1 rings (SSSR count). The zero-order chi connectivity index (χ0) is 15.3. The van der Waals surface area contributed by atoms with E-state index in [1.54, 1.807) is 0 Å². The summed E-state index contributed by atoms with van der Waals surface area (Å²) in [6.45, 7) is 4.50. The van der Waals surface area contributed by atoms with Crippen LogP contribution in [0.5, 0.6) is 0 Å². The Labute approximate surface area is 129 Å². The highest BCUT2D eigenvalue weighted by Gasteiger charge is 2.10. The van der Waals surface area contributed by atoms with E-state index in [0.717, 1.165) is 24.0 Å². The van der Waals surface area contributed by atoms with Crippen LogP contribution in [0.25, 0.3) is 0 Å². The predicted molar refractivity (Wildman–Crippen MR) is 88.2 cm³/mol. The van der Waals surface area contributed by atoms with E-state index >= 15 is 0 Å². The summed E-state index contributed by atoms with van der Waals surface area (Å²) in [4.78, 5) is 12.0. The van der Waals surface area contributed by atoms with Gasteiger partial charge >= 0.3 is 5.97 Å². The van der Waals surface area contributed by atoms with Gasteiger partial charge in [0.1, 0.15) is 0 Å². The molecule has 0 bridgehead atoms. The Morgan fingerprint density at radius 1 is 1.05 bits per heavy atom. The first-order chi connectivity index (χ1) is 10.3. The number of carbonyl (C=O) groups excluding carboxylic acids is 1. The molecule has 0 saturated heterocycles. The Hall–Kier alpha value is -1.57. The van der Waals surface area contributed by atoms with Gasteiger partial charge in [-0.05, 0) is 25.3 Å². The maximum atomic E-state index is 12.0. The van der Waals surface area contributed by atoms with E-state index in [-0.39, 0.29) is 5.97 Å². The Morgan fingerprint density at radius 3 is 2.43 bits per heavy atom. The average molecular weight is 288 g/mol. The highest BCUT2D eigenvalue weighted by molar-refractivity contribution is 5.88. The highest BCUT2D eigenvalue weighted by Crippen LogP contribution is 2.13. The molecule has 116 valence electrons. The summed E-state index contributed by atoms with van der Waals surface area (Å²) in [6.07, 6.45) is 9.94. The van der Waals surface area contributed by atoms with Crippen LogP contribution in [-0.4, -0.2) is 12.6 Å². The van der Waals surface area contributed by atoms with Crippen molar-refractivity contribution in [3.05, 3.63) is 47.5 Å². The number of benzene rings is 1. The van der Waals surface area contributed by atoms with Crippen LogP contribution < -0.4 is 0 Å². The molecule has 0 atom stereocenters. The molecule has 2 heteroatoms. The van der Waals surface area contributed by atoms with Gasteiger partial charge in [0, 0.05) is 12.0 Å². The predicted octanol–water partition coefficient (Wildman–Crippen LogP) is 5.08.